The molecule has 0 saturated carbocycles. The lowest BCUT2D eigenvalue weighted by Crippen LogP contribution is -2.22. The predicted octanol–water partition coefficient (Wildman–Crippen LogP) is 1.15. The molecule has 0 aliphatic heterocycles. The van der Waals surface area contributed by atoms with Gasteiger partial charge in [-0.05, 0) is 19.4 Å². The average molecular weight is 195 g/mol. The van der Waals surface area contributed by atoms with Gasteiger partial charge in [0.25, 0.3) is 0 Å². The number of carboxylic acids is 1. The van der Waals surface area contributed by atoms with Crippen molar-refractivity contribution in [2.45, 2.75) is 25.4 Å². The molecule has 4 nitrogen and oxygen atoms in total. The number of aromatic nitrogens is 1. The Bertz CT molecular complexity index is 308. The Kier molecular flexibility index (Phi) is 3.19. The van der Waals surface area contributed by atoms with E-state index in [1.807, 2.05) is 0 Å². The van der Waals surface area contributed by atoms with E-state index >= 15 is 0 Å². The van der Waals surface area contributed by atoms with Gasteiger partial charge in [-0.25, -0.2) is 0 Å². The van der Waals surface area contributed by atoms with E-state index in [1.165, 1.54) is 0 Å². The van der Waals surface area contributed by atoms with Crippen molar-refractivity contribution in [1.82, 2.24) is 4.98 Å². The van der Waals surface area contributed by atoms with Gasteiger partial charge in [0.1, 0.15) is 0 Å². The summed E-state index contributed by atoms with van der Waals surface area (Å²) in [6, 6.07) is 3.44. The smallest absolute Gasteiger partial charge is 0.303 e. The second-order valence-electron chi connectivity index (χ2n) is 3.41. The highest BCUT2D eigenvalue weighted by Gasteiger charge is 2.23. The van der Waals surface area contributed by atoms with Crippen LogP contribution in [0.1, 0.15) is 25.3 Å². The maximum atomic E-state index is 10.4. The van der Waals surface area contributed by atoms with Crippen molar-refractivity contribution in [3.8, 4) is 0 Å². The molecule has 1 rings (SSSR count). The molecule has 1 unspecified atom stereocenters. The lowest BCUT2D eigenvalue weighted by molar-refractivity contribution is -0.138. The molecule has 0 aliphatic rings. The highest BCUT2D eigenvalue weighted by Crippen LogP contribution is 2.24. The van der Waals surface area contributed by atoms with Gasteiger partial charge in [-0.15, -0.1) is 0 Å². The van der Waals surface area contributed by atoms with Crippen molar-refractivity contribution < 1.29 is 15.0 Å². The average Bonchev–Trinajstić information content (AvgIpc) is 2.16. The number of hydrogen-bond donors (Lipinski definition) is 2. The van der Waals surface area contributed by atoms with Gasteiger partial charge in [0.15, 0.2) is 0 Å². The van der Waals surface area contributed by atoms with Crippen LogP contribution in [0, 0.1) is 0 Å². The monoisotopic (exact) mass is 195 g/mol. The third-order valence-corrected chi connectivity index (χ3v) is 2.11. The second-order valence-corrected chi connectivity index (χ2v) is 3.41. The molecule has 0 spiro atoms. The van der Waals surface area contributed by atoms with Gasteiger partial charge in [-0.1, -0.05) is 6.07 Å². The highest BCUT2D eigenvalue weighted by molar-refractivity contribution is 5.66. The molecule has 4 heteroatoms. The molecular weight excluding hydrogens is 182 g/mol. The van der Waals surface area contributed by atoms with Crippen LogP contribution in [0.4, 0.5) is 0 Å². The zero-order chi connectivity index (χ0) is 10.6. The van der Waals surface area contributed by atoms with Crippen LogP contribution >= 0.6 is 0 Å². The van der Waals surface area contributed by atoms with E-state index in [0.29, 0.717) is 5.56 Å². The predicted molar refractivity (Wildman–Crippen MR) is 50.7 cm³/mol. The molecule has 0 aliphatic carbocycles. The topological polar surface area (TPSA) is 70.4 Å². The SMILES string of the molecule is CC(O)(CCC(=O)O)c1cccnc1. The van der Waals surface area contributed by atoms with Gasteiger partial charge in [-0.2, -0.15) is 0 Å². The standard InChI is InChI=1S/C10H13NO3/c1-10(14,5-4-9(12)13)8-3-2-6-11-7-8/h2-3,6-7,14H,4-5H2,1H3,(H,12,13). The molecular formula is C10H13NO3. The first-order valence-corrected chi connectivity index (χ1v) is 4.37. The summed E-state index contributed by atoms with van der Waals surface area (Å²) in [6.45, 7) is 1.59. The Labute approximate surface area is 82.2 Å². The molecule has 14 heavy (non-hydrogen) atoms. The number of hydrogen-bond acceptors (Lipinski definition) is 3. The lowest BCUT2D eigenvalue weighted by atomic mass is 9.92. The third kappa shape index (κ3) is 2.81. The van der Waals surface area contributed by atoms with Gasteiger partial charge in [-0.3, -0.25) is 9.78 Å². The van der Waals surface area contributed by atoms with E-state index in [4.69, 9.17) is 5.11 Å². The lowest BCUT2D eigenvalue weighted by Gasteiger charge is -2.22. The van der Waals surface area contributed by atoms with Gasteiger partial charge >= 0.3 is 5.97 Å². The third-order valence-electron chi connectivity index (χ3n) is 2.11. The van der Waals surface area contributed by atoms with E-state index in [2.05, 4.69) is 4.98 Å². The molecule has 1 aromatic heterocycles. The number of pyridine rings is 1. The van der Waals surface area contributed by atoms with Gasteiger partial charge in [0, 0.05) is 24.4 Å². The summed E-state index contributed by atoms with van der Waals surface area (Å²) in [5, 5.41) is 18.4. The van der Waals surface area contributed by atoms with Gasteiger partial charge in [0.05, 0.1) is 5.60 Å². The van der Waals surface area contributed by atoms with Gasteiger partial charge in [0.2, 0.25) is 0 Å². The van der Waals surface area contributed by atoms with Crippen molar-refractivity contribution >= 4 is 5.97 Å². The zero-order valence-corrected chi connectivity index (χ0v) is 7.97. The van der Waals surface area contributed by atoms with Crippen molar-refractivity contribution in [3.05, 3.63) is 30.1 Å². The molecule has 1 atom stereocenters. The minimum Gasteiger partial charge on any atom is -0.481 e. The summed E-state index contributed by atoms with van der Waals surface area (Å²) < 4.78 is 0. The molecule has 0 saturated heterocycles. The van der Waals surface area contributed by atoms with Crippen LogP contribution in [0.15, 0.2) is 24.5 Å². The molecule has 0 bridgehead atoms. The number of nitrogens with zero attached hydrogens (tertiary/aromatic N) is 1. The van der Waals surface area contributed by atoms with Crippen LogP contribution in [0.3, 0.4) is 0 Å². The summed E-state index contributed by atoms with van der Waals surface area (Å²) >= 11 is 0. The minimum absolute atomic E-state index is 0.0537. The number of carboxylic acid groups (broad SMARTS) is 1. The molecule has 0 aromatic carbocycles. The molecule has 2 N–H and O–H groups in total. The maximum absolute atomic E-state index is 10.4. The number of aliphatic hydroxyl groups is 1. The van der Waals surface area contributed by atoms with Crippen molar-refractivity contribution in [2.75, 3.05) is 0 Å². The van der Waals surface area contributed by atoms with Crippen LogP contribution in [0.2, 0.25) is 0 Å². The van der Waals surface area contributed by atoms with Crippen LogP contribution in [0.25, 0.3) is 0 Å². The fraction of sp³-hybridized carbons (Fsp3) is 0.400. The molecule has 0 radical (unpaired) electrons. The van der Waals surface area contributed by atoms with Crippen molar-refractivity contribution in [3.63, 3.8) is 0 Å². The summed E-state index contributed by atoms with van der Waals surface area (Å²) in [5.74, 6) is -0.908. The first-order valence-electron chi connectivity index (χ1n) is 4.37. The summed E-state index contributed by atoms with van der Waals surface area (Å²) in [4.78, 5) is 14.2. The Morgan fingerprint density at radius 1 is 1.64 bits per heavy atom. The van der Waals surface area contributed by atoms with Gasteiger partial charge < -0.3 is 10.2 Å². The van der Waals surface area contributed by atoms with Crippen LogP contribution in [0.5, 0.6) is 0 Å². The fourth-order valence-electron chi connectivity index (χ4n) is 1.18. The van der Waals surface area contributed by atoms with E-state index in [1.54, 1.807) is 31.5 Å². The van der Waals surface area contributed by atoms with E-state index < -0.39 is 11.6 Å². The van der Waals surface area contributed by atoms with Crippen LogP contribution < -0.4 is 0 Å². The first kappa shape index (κ1) is 10.7. The Hall–Kier alpha value is -1.42. The van der Waals surface area contributed by atoms with E-state index in [0.717, 1.165) is 0 Å². The summed E-state index contributed by atoms with van der Waals surface area (Å²) in [7, 11) is 0. The van der Waals surface area contributed by atoms with Crippen LogP contribution in [-0.4, -0.2) is 21.2 Å². The van der Waals surface area contributed by atoms with E-state index in [-0.39, 0.29) is 12.8 Å². The maximum Gasteiger partial charge on any atom is 0.303 e. The quantitative estimate of drug-likeness (QED) is 0.756. The molecule has 1 aromatic rings. The number of rotatable bonds is 4. The number of carbonyl (C=O) groups is 1. The second kappa shape index (κ2) is 4.19. The molecule has 0 amide bonds. The summed E-state index contributed by atoms with van der Waals surface area (Å²) in [5.41, 5.74) is -0.478. The van der Waals surface area contributed by atoms with Crippen LogP contribution in [-0.2, 0) is 10.4 Å². The van der Waals surface area contributed by atoms with E-state index in [9.17, 15) is 9.90 Å². The normalized spacial score (nSPS) is 14.7. The Morgan fingerprint density at radius 2 is 2.36 bits per heavy atom. The van der Waals surface area contributed by atoms with Crippen molar-refractivity contribution in [1.29, 1.82) is 0 Å². The minimum atomic E-state index is -1.12. The first-order chi connectivity index (χ1) is 6.52. The highest BCUT2D eigenvalue weighted by atomic mass is 16.4. The Balaban J connectivity index is 2.70. The zero-order valence-electron chi connectivity index (χ0n) is 7.97. The Morgan fingerprint density at radius 3 is 2.86 bits per heavy atom. The summed E-state index contributed by atoms with van der Waals surface area (Å²) in [6.07, 6.45) is 3.29. The number of aliphatic carboxylic acids is 1. The largest absolute Gasteiger partial charge is 0.481 e. The molecule has 76 valence electrons. The molecule has 0 fully saturated rings. The molecule has 1 heterocycles. The van der Waals surface area contributed by atoms with Crippen molar-refractivity contribution in [2.24, 2.45) is 0 Å². The fourth-order valence-corrected chi connectivity index (χ4v) is 1.18.